The predicted octanol–water partition coefficient (Wildman–Crippen LogP) is 4.47. The highest BCUT2D eigenvalue weighted by Gasteiger charge is 2.17. The number of aromatic nitrogens is 1. The van der Waals surface area contributed by atoms with Crippen molar-refractivity contribution < 1.29 is 9.47 Å². The summed E-state index contributed by atoms with van der Waals surface area (Å²) in [5, 5.41) is 2.84. The minimum absolute atomic E-state index is 0.0739. The molecule has 0 fully saturated rings. The number of hydrogen-bond acceptors (Lipinski definition) is 3. The molecule has 0 saturated heterocycles. The first-order chi connectivity index (χ1) is 12.7. The van der Waals surface area contributed by atoms with Gasteiger partial charge in [-0.15, -0.1) is 0 Å². The first-order valence-electron chi connectivity index (χ1n) is 8.34. The molecule has 2 heterocycles. The summed E-state index contributed by atoms with van der Waals surface area (Å²) in [6.07, 6.45) is 1.71. The zero-order chi connectivity index (χ0) is 17.7. The highest BCUT2D eigenvalue weighted by molar-refractivity contribution is 5.91. The summed E-state index contributed by atoms with van der Waals surface area (Å²) in [5.41, 5.74) is 2.81. The van der Waals surface area contributed by atoms with Crippen molar-refractivity contribution in [3.63, 3.8) is 0 Å². The largest absolute Gasteiger partial charge is 0.454 e. The van der Waals surface area contributed by atoms with Gasteiger partial charge in [-0.3, -0.25) is 4.79 Å². The second-order valence-corrected chi connectivity index (χ2v) is 6.32. The molecule has 0 unspecified atom stereocenters. The van der Waals surface area contributed by atoms with E-state index in [1.807, 2.05) is 24.3 Å². The van der Waals surface area contributed by atoms with E-state index in [1.165, 1.54) is 0 Å². The smallest absolute Gasteiger partial charge is 0.231 e. The molecule has 0 bridgehead atoms. The van der Waals surface area contributed by atoms with Crippen LogP contribution in [-0.4, -0.2) is 11.8 Å². The molecule has 0 radical (unpaired) electrons. The third-order valence-electron chi connectivity index (χ3n) is 4.80. The second-order valence-electron chi connectivity index (χ2n) is 6.32. The molecule has 0 aliphatic carbocycles. The molecule has 1 N–H and O–H groups in total. The zero-order valence-electron chi connectivity index (χ0n) is 13.9. The molecular formula is C22H15NO3. The average Bonchev–Trinajstić information content (AvgIpc) is 3.13. The number of H-pyrrole nitrogens is 1. The number of ether oxygens (including phenoxy) is 2. The predicted molar refractivity (Wildman–Crippen MR) is 103 cm³/mol. The lowest BCUT2D eigenvalue weighted by Crippen LogP contribution is -2.09. The van der Waals surface area contributed by atoms with Crippen molar-refractivity contribution in [1.29, 1.82) is 0 Å². The summed E-state index contributed by atoms with van der Waals surface area (Å²) in [4.78, 5) is 16.2. The minimum Gasteiger partial charge on any atom is -0.454 e. The van der Waals surface area contributed by atoms with Crippen LogP contribution in [0.3, 0.4) is 0 Å². The highest BCUT2D eigenvalue weighted by atomic mass is 16.7. The van der Waals surface area contributed by atoms with E-state index in [4.69, 9.17) is 9.47 Å². The average molecular weight is 341 g/mol. The molecule has 4 aromatic rings. The number of fused-ring (bicyclic) bond motifs is 3. The Morgan fingerprint density at radius 1 is 0.962 bits per heavy atom. The summed E-state index contributed by atoms with van der Waals surface area (Å²) < 4.78 is 10.8. The Morgan fingerprint density at radius 2 is 1.73 bits per heavy atom. The van der Waals surface area contributed by atoms with Gasteiger partial charge in [0.05, 0.1) is 10.9 Å². The summed E-state index contributed by atoms with van der Waals surface area (Å²) in [7, 11) is 0. The van der Waals surface area contributed by atoms with Crippen LogP contribution in [0.25, 0.3) is 27.2 Å². The molecule has 4 nitrogen and oxygen atoms in total. The van der Waals surface area contributed by atoms with Gasteiger partial charge in [-0.25, -0.2) is 0 Å². The van der Waals surface area contributed by atoms with E-state index in [0.717, 1.165) is 16.3 Å². The summed E-state index contributed by atoms with van der Waals surface area (Å²) >= 11 is 0. The standard InChI is InChI=1S/C22H15NO3/c1-13(15-7-6-14-4-2-3-5-16(14)8-15)18-11-23-19-10-21-20(25-12-26-21)9-17(19)22(18)24/h2-11H,1,12H2,(H,23,24). The van der Waals surface area contributed by atoms with Gasteiger partial charge in [0.15, 0.2) is 16.9 Å². The normalized spacial score (nSPS) is 12.6. The SMILES string of the molecule is C=C(c1ccc2ccccc2c1)c1c[nH]c2cc3c(cc2c1=O)OCO3. The van der Waals surface area contributed by atoms with Gasteiger partial charge in [0.1, 0.15) is 0 Å². The number of rotatable bonds is 2. The van der Waals surface area contributed by atoms with Crippen LogP contribution in [0.1, 0.15) is 11.1 Å². The van der Waals surface area contributed by atoms with Crippen molar-refractivity contribution >= 4 is 27.2 Å². The number of benzene rings is 3. The Hall–Kier alpha value is -3.53. The van der Waals surface area contributed by atoms with Gasteiger partial charge >= 0.3 is 0 Å². The zero-order valence-corrected chi connectivity index (χ0v) is 13.9. The molecule has 4 heteroatoms. The molecule has 1 aliphatic heterocycles. The fourth-order valence-corrected chi connectivity index (χ4v) is 3.37. The van der Waals surface area contributed by atoms with Crippen molar-refractivity contribution in [3.8, 4) is 11.5 Å². The third-order valence-corrected chi connectivity index (χ3v) is 4.80. The van der Waals surface area contributed by atoms with Gasteiger partial charge in [0, 0.05) is 17.8 Å². The number of nitrogens with one attached hydrogen (secondary N) is 1. The first-order valence-corrected chi connectivity index (χ1v) is 8.34. The molecule has 1 aliphatic rings. The van der Waals surface area contributed by atoms with Crippen LogP contribution < -0.4 is 14.9 Å². The van der Waals surface area contributed by atoms with Gasteiger partial charge in [0.2, 0.25) is 6.79 Å². The summed E-state index contributed by atoms with van der Waals surface area (Å²) in [6, 6.07) is 17.7. The van der Waals surface area contributed by atoms with Gasteiger partial charge < -0.3 is 14.5 Å². The molecule has 0 atom stereocenters. The third kappa shape index (κ3) is 2.19. The Balaban J connectivity index is 1.65. The molecule has 0 amide bonds. The quantitative estimate of drug-likeness (QED) is 0.585. The lowest BCUT2D eigenvalue weighted by molar-refractivity contribution is 0.174. The molecule has 126 valence electrons. The topological polar surface area (TPSA) is 51.3 Å². The van der Waals surface area contributed by atoms with Crippen LogP contribution in [0.15, 0.2) is 72.2 Å². The molecule has 1 aromatic heterocycles. The van der Waals surface area contributed by atoms with E-state index in [1.54, 1.807) is 18.3 Å². The van der Waals surface area contributed by atoms with Gasteiger partial charge in [0.25, 0.3) is 0 Å². The summed E-state index contributed by atoms with van der Waals surface area (Å²) in [5.74, 6) is 1.24. The lowest BCUT2D eigenvalue weighted by atomic mass is 9.97. The molecule has 0 spiro atoms. The van der Waals surface area contributed by atoms with Crippen LogP contribution in [0.5, 0.6) is 11.5 Å². The van der Waals surface area contributed by atoms with Crippen LogP contribution in [0, 0.1) is 0 Å². The lowest BCUT2D eigenvalue weighted by Gasteiger charge is -2.09. The monoisotopic (exact) mass is 341 g/mol. The Morgan fingerprint density at radius 3 is 2.58 bits per heavy atom. The van der Waals surface area contributed by atoms with Crippen LogP contribution in [0.2, 0.25) is 0 Å². The molecule has 5 rings (SSSR count). The Bertz CT molecular complexity index is 1250. The fourth-order valence-electron chi connectivity index (χ4n) is 3.37. The van der Waals surface area contributed by atoms with Crippen molar-refractivity contribution in [2.45, 2.75) is 0 Å². The maximum atomic E-state index is 13.0. The van der Waals surface area contributed by atoms with Crippen LogP contribution in [-0.2, 0) is 0 Å². The minimum atomic E-state index is -0.0739. The number of hydrogen-bond donors (Lipinski definition) is 1. The maximum absolute atomic E-state index is 13.0. The fraction of sp³-hybridized carbons (Fsp3) is 0.0455. The summed E-state index contributed by atoms with van der Waals surface area (Å²) in [6.45, 7) is 4.34. The van der Waals surface area contributed by atoms with Crippen molar-refractivity contribution in [1.82, 2.24) is 4.98 Å². The van der Waals surface area contributed by atoms with E-state index >= 15 is 0 Å². The van der Waals surface area contributed by atoms with Gasteiger partial charge in [-0.2, -0.15) is 0 Å². The van der Waals surface area contributed by atoms with Gasteiger partial charge in [-0.05, 0) is 34.0 Å². The van der Waals surface area contributed by atoms with E-state index in [2.05, 4.69) is 29.8 Å². The molecule has 26 heavy (non-hydrogen) atoms. The molecule has 3 aromatic carbocycles. The van der Waals surface area contributed by atoms with E-state index < -0.39 is 0 Å². The number of aromatic amines is 1. The van der Waals surface area contributed by atoms with Crippen molar-refractivity contribution in [2.75, 3.05) is 6.79 Å². The van der Waals surface area contributed by atoms with E-state index in [-0.39, 0.29) is 12.2 Å². The van der Waals surface area contributed by atoms with Crippen LogP contribution >= 0.6 is 0 Å². The molecular weight excluding hydrogens is 326 g/mol. The Labute approximate surface area is 149 Å². The van der Waals surface area contributed by atoms with Crippen molar-refractivity contribution in [3.05, 3.63) is 88.7 Å². The van der Waals surface area contributed by atoms with E-state index in [0.29, 0.717) is 33.5 Å². The van der Waals surface area contributed by atoms with Gasteiger partial charge in [-0.1, -0.05) is 43.0 Å². The van der Waals surface area contributed by atoms with Crippen LogP contribution in [0.4, 0.5) is 0 Å². The second kappa shape index (κ2) is 5.49. The van der Waals surface area contributed by atoms with E-state index in [9.17, 15) is 4.79 Å². The molecule has 0 saturated carbocycles. The highest BCUT2D eigenvalue weighted by Crippen LogP contribution is 2.35. The Kier molecular flexibility index (Phi) is 3.12. The first kappa shape index (κ1) is 14.8. The maximum Gasteiger partial charge on any atom is 0.231 e. The number of pyridine rings is 1. The van der Waals surface area contributed by atoms with Crippen molar-refractivity contribution in [2.24, 2.45) is 0 Å².